The summed E-state index contributed by atoms with van der Waals surface area (Å²) in [6.07, 6.45) is 1.13. The Balaban J connectivity index is 1.87. The fraction of sp³-hybridized carbons (Fsp3) is 0.333. The van der Waals surface area contributed by atoms with Gasteiger partial charge in [-0.3, -0.25) is 28.0 Å². The van der Waals surface area contributed by atoms with Crippen molar-refractivity contribution in [2.75, 3.05) is 0 Å². The maximum absolute atomic E-state index is 12.8. The first kappa shape index (κ1) is 24.2. The molecular formula is C18H20BrNO9P2. The minimum atomic E-state index is -5.09. The minimum Gasteiger partial charge on any atom is -0.425 e. The first-order valence-electron chi connectivity index (χ1n) is 9.13. The van der Waals surface area contributed by atoms with Crippen LogP contribution in [0, 0.1) is 0 Å². The molecule has 0 saturated carbocycles. The van der Waals surface area contributed by atoms with Crippen molar-refractivity contribution in [2.45, 2.75) is 37.6 Å². The standard InChI is InChI=1S/C18H20BrNO9P2/c1-2-4-16(21)27-15-7-6-13(9-14(15)19)17-28-30(23,24)18(22,31(25,26)29-17)10-12-5-3-8-20-11-12/h3,5-9,11,17,22H,2,4,10H2,1H3,(H,23,24)(H,25,26). The van der Waals surface area contributed by atoms with Crippen molar-refractivity contribution in [3.8, 4) is 5.75 Å². The Hall–Kier alpha value is -1.42. The lowest BCUT2D eigenvalue weighted by Crippen LogP contribution is -2.37. The quantitative estimate of drug-likeness (QED) is 0.282. The van der Waals surface area contributed by atoms with Crippen molar-refractivity contribution in [2.24, 2.45) is 0 Å². The second-order valence-electron chi connectivity index (χ2n) is 6.81. The molecule has 0 amide bonds. The van der Waals surface area contributed by atoms with Gasteiger partial charge >= 0.3 is 21.2 Å². The number of benzene rings is 1. The molecule has 0 aliphatic carbocycles. The monoisotopic (exact) mass is 535 g/mol. The molecule has 1 aliphatic heterocycles. The Kier molecular flexibility index (Phi) is 7.20. The summed E-state index contributed by atoms with van der Waals surface area (Å²) in [7, 11) is -10.2. The summed E-state index contributed by atoms with van der Waals surface area (Å²) in [5.74, 6) is -0.258. The third-order valence-corrected chi connectivity index (χ3v) is 9.67. The van der Waals surface area contributed by atoms with Gasteiger partial charge in [0.2, 0.25) is 6.29 Å². The number of rotatable bonds is 6. The van der Waals surface area contributed by atoms with Crippen LogP contribution in [0.1, 0.15) is 37.2 Å². The average Bonchev–Trinajstić information content (AvgIpc) is 2.68. The van der Waals surface area contributed by atoms with Crippen LogP contribution in [0.5, 0.6) is 5.75 Å². The first-order chi connectivity index (χ1) is 14.5. The van der Waals surface area contributed by atoms with E-state index in [2.05, 4.69) is 20.9 Å². The summed E-state index contributed by atoms with van der Waals surface area (Å²) in [6, 6.07) is 7.04. The summed E-state index contributed by atoms with van der Waals surface area (Å²) in [5.41, 5.74) is 0.328. The molecule has 1 saturated heterocycles. The van der Waals surface area contributed by atoms with Gasteiger partial charge in [0.25, 0.3) is 5.08 Å². The van der Waals surface area contributed by atoms with Crippen LogP contribution in [0.15, 0.2) is 47.2 Å². The van der Waals surface area contributed by atoms with E-state index < -0.39 is 39.0 Å². The topological polar surface area (TPSA) is 152 Å². The van der Waals surface area contributed by atoms with Crippen molar-refractivity contribution >= 4 is 37.1 Å². The highest BCUT2D eigenvalue weighted by Gasteiger charge is 2.67. The third-order valence-electron chi connectivity index (χ3n) is 4.45. The van der Waals surface area contributed by atoms with E-state index in [9.17, 15) is 28.8 Å². The molecule has 2 heterocycles. The minimum absolute atomic E-state index is 0.0918. The van der Waals surface area contributed by atoms with Crippen LogP contribution in [0.4, 0.5) is 0 Å². The molecule has 1 aromatic carbocycles. The fourth-order valence-electron chi connectivity index (χ4n) is 2.83. The summed E-state index contributed by atoms with van der Waals surface area (Å²) in [5, 5.41) is 7.65. The second-order valence-corrected chi connectivity index (χ2v) is 12.0. The molecule has 2 unspecified atom stereocenters. The molecule has 0 radical (unpaired) electrons. The highest BCUT2D eigenvalue weighted by Crippen LogP contribution is 2.79. The van der Waals surface area contributed by atoms with Crippen molar-refractivity contribution in [3.05, 3.63) is 58.3 Å². The van der Waals surface area contributed by atoms with Gasteiger partial charge in [0, 0.05) is 30.8 Å². The lowest BCUT2D eigenvalue weighted by Gasteiger charge is -2.41. The van der Waals surface area contributed by atoms with E-state index in [4.69, 9.17) is 13.8 Å². The number of hydrogen-bond donors (Lipinski definition) is 3. The zero-order valence-electron chi connectivity index (χ0n) is 16.3. The predicted octanol–water partition coefficient (Wildman–Crippen LogP) is 3.85. The fourth-order valence-corrected chi connectivity index (χ4v) is 6.89. The summed E-state index contributed by atoms with van der Waals surface area (Å²) < 4.78 is 41.2. The Morgan fingerprint density at radius 1 is 1.26 bits per heavy atom. The molecule has 13 heteroatoms. The van der Waals surface area contributed by atoms with Crippen molar-refractivity contribution < 1.29 is 42.6 Å². The number of carbonyl (C=O) groups is 1. The maximum atomic E-state index is 12.8. The Labute approximate surface area is 186 Å². The van der Waals surface area contributed by atoms with E-state index in [0.717, 1.165) is 0 Å². The molecule has 10 nitrogen and oxygen atoms in total. The number of esters is 1. The highest BCUT2D eigenvalue weighted by atomic mass is 79.9. The van der Waals surface area contributed by atoms with Gasteiger partial charge in [-0.2, -0.15) is 0 Å². The largest absolute Gasteiger partial charge is 0.425 e. The molecule has 31 heavy (non-hydrogen) atoms. The number of nitrogens with zero attached hydrogens (tertiary/aromatic N) is 1. The maximum Gasteiger partial charge on any atom is 0.374 e. The summed E-state index contributed by atoms with van der Waals surface area (Å²) >= 11 is 3.21. The Bertz CT molecular complexity index is 1040. The third kappa shape index (κ3) is 4.99. The van der Waals surface area contributed by atoms with Gasteiger partial charge in [-0.25, -0.2) is 0 Å². The van der Waals surface area contributed by atoms with Gasteiger partial charge in [0.1, 0.15) is 5.75 Å². The number of carbonyl (C=O) groups excluding carboxylic acids is 1. The van der Waals surface area contributed by atoms with Crippen molar-refractivity contribution in [1.82, 2.24) is 4.98 Å². The van der Waals surface area contributed by atoms with Crippen LogP contribution in [0.25, 0.3) is 0 Å². The van der Waals surface area contributed by atoms with E-state index in [1.165, 1.54) is 42.7 Å². The Morgan fingerprint density at radius 2 is 1.94 bits per heavy atom. The molecule has 0 spiro atoms. The van der Waals surface area contributed by atoms with Crippen LogP contribution in [0.3, 0.4) is 0 Å². The SMILES string of the molecule is CCCC(=O)Oc1ccc(C2OP(=O)(O)C(O)(Cc3cccnc3)P(=O)(O)O2)cc1Br. The summed E-state index contributed by atoms with van der Waals surface area (Å²) in [4.78, 5) is 36.3. The van der Waals surface area contributed by atoms with E-state index in [1.807, 2.05) is 6.92 Å². The van der Waals surface area contributed by atoms with E-state index in [-0.39, 0.29) is 23.3 Å². The molecule has 3 rings (SSSR count). The van der Waals surface area contributed by atoms with E-state index in [1.54, 1.807) is 0 Å². The van der Waals surface area contributed by atoms with Gasteiger partial charge in [-0.1, -0.05) is 19.1 Å². The number of aliphatic hydroxyl groups is 1. The Morgan fingerprint density at radius 3 is 2.48 bits per heavy atom. The summed E-state index contributed by atoms with van der Waals surface area (Å²) in [6.45, 7) is 1.83. The molecule has 168 valence electrons. The van der Waals surface area contributed by atoms with Gasteiger partial charge < -0.3 is 19.6 Å². The predicted molar refractivity (Wildman–Crippen MR) is 112 cm³/mol. The number of pyridine rings is 1. The molecule has 1 fully saturated rings. The zero-order valence-corrected chi connectivity index (χ0v) is 19.6. The van der Waals surface area contributed by atoms with Gasteiger partial charge in [-0.15, -0.1) is 0 Å². The number of hydrogen-bond acceptors (Lipinski definition) is 8. The van der Waals surface area contributed by atoms with Crippen LogP contribution in [-0.4, -0.2) is 30.9 Å². The van der Waals surface area contributed by atoms with Gasteiger partial charge in [0.15, 0.2) is 0 Å². The lowest BCUT2D eigenvalue weighted by molar-refractivity contribution is -0.134. The number of ether oxygens (including phenoxy) is 1. The molecule has 3 N–H and O–H groups in total. The van der Waals surface area contributed by atoms with Crippen LogP contribution < -0.4 is 4.74 Å². The number of aromatic nitrogens is 1. The molecule has 2 atom stereocenters. The molecule has 2 aromatic rings. The zero-order chi connectivity index (χ0) is 22.9. The smallest absolute Gasteiger partial charge is 0.374 e. The van der Waals surface area contributed by atoms with Gasteiger partial charge in [0.05, 0.1) is 4.47 Å². The first-order valence-corrected chi connectivity index (χ1v) is 13.1. The highest BCUT2D eigenvalue weighted by molar-refractivity contribution is 9.10. The average molecular weight is 536 g/mol. The van der Waals surface area contributed by atoms with Crippen LogP contribution >= 0.6 is 31.1 Å². The molecule has 1 aromatic heterocycles. The van der Waals surface area contributed by atoms with Gasteiger partial charge in [-0.05, 0) is 46.1 Å². The molecular weight excluding hydrogens is 516 g/mol. The van der Waals surface area contributed by atoms with Crippen molar-refractivity contribution in [1.29, 1.82) is 0 Å². The van der Waals surface area contributed by atoms with Crippen molar-refractivity contribution in [3.63, 3.8) is 0 Å². The molecule has 0 bridgehead atoms. The van der Waals surface area contributed by atoms with E-state index in [0.29, 0.717) is 10.9 Å². The van der Waals surface area contributed by atoms with E-state index >= 15 is 0 Å². The second kappa shape index (κ2) is 9.21. The molecule has 1 aliphatic rings. The lowest BCUT2D eigenvalue weighted by atomic mass is 10.2. The van der Waals surface area contributed by atoms with Crippen LogP contribution in [-0.2, 0) is 29.4 Å². The number of halogens is 1. The van der Waals surface area contributed by atoms with Crippen LogP contribution in [0.2, 0.25) is 0 Å². The normalized spacial score (nSPS) is 30.7.